The lowest BCUT2D eigenvalue weighted by Gasteiger charge is -2.14. The lowest BCUT2D eigenvalue weighted by Crippen LogP contribution is -2.35. The van der Waals surface area contributed by atoms with E-state index in [1.165, 1.54) is 12.1 Å². The summed E-state index contributed by atoms with van der Waals surface area (Å²) in [5.74, 6) is -1.60. The summed E-state index contributed by atoms with van der Waals surface area (Å²) in [5, 5.41) is 11.7. The number of anilines is 1. The second-order valence-corrected chi connectivity index (χ2v) is 5.46. The van der Waals surface area contributed by atoms with Crippen molar-refractivity contribution in [3.63, 3.8) is 0 Å². The van der Waals surface area contributed by atoms with Crippen LogP contribution < -0.4 is 10.4 Å². The van der Waals surface area contributed by atoms with Gasteiger partial charge >= 0.3 is 5.88 Å². The fourth-order valence-corrected chi connectivity index (χ4v) is 2.25. The highest BCUT2D eigenvalue weighted by atomic mass is 79.9. The third-order valence-electron chi connectivity index (χ3n) is 3.06. The molecule has 0 bridgehead atoms. The number of nitrogens with one attached hydrogen (secondary N) is 1. The van der Waals surface area contributed by atoms with Gasteiger partial charge in [0.15, 0.2) is 0 Å². The molecule has 1 aromatic heterocycles. The molecule has 23 heavy (non-hydrogen) atoms. The molecule has 0 radical (unpaired) electrons. The van der Waals surface area contributed by atoms with Crippen molar-refractivity contribution in [2.75, 3.05) is 5.01 Å². The Morgan fingerprint density at radius 1 is 1.17 bits per heavy atom. The standard InChI is InChI=1S/C14H8BrN3O5/c15-8-1-3-9(4-2-8)17-14(20)11(13(19)16-17)7-10-5-6-12(23-10)18(21)22/h1-7H,(H,16,19)/b11-7+. The van der Waals surface area contributed by atoms with Gasteiger partial charge in [0, 0.05) is 4.47 Å². The maximum Gasteiger partial charge on any atom is 0.433 e. The Hall–Kier alpha value is -2.94. The summed E-state index contributed by atoms with van der Waals surface area (Å²) in [7, 11) is 0. The van der Waals surface area contributed by atoms with E-state index in [-0.39, 0.29) is 11.3 Å². The summed E-state index contributed by atoms with van der Waals surface area (Å²) in [6, 6.07) is 9.23. The zero-order chi connectivity index (χ0) is 16.6. The van der Waals surface area contributed by atoms with E-state index >= 15 is 0 Å². The Kier molecular flexibility index (Phi) is 3.70. The van der Waals surface area contributed by atoms with E-state index in [0.29, 0.717) is 5.69 Å². The smallest absolute Gasteiger partial charge is 0.401 e. The molecule has 9 heteroatoms. The van der Waals surface area contributed by atoms with E-state index in [2.05, 4.69) is 21.4 Å². The highest BCUT2D eigenvalue weighted by Crippen LogP contribution is 2.24. The van der Waals surface area contributed by atoms with Crippen LogP contribution in [0.5, 0.6) is 0 Å². The van der Waals surface area contributed by atoms with Crippen molar-refractivity contribution >= 4 is 45.4 Å². The molecule has 1 N–H and O–H groups in total. The third kappa shape index (κ3) is 2.86. The first-order chi connectivity index (χ1) is 11.0. The van der Waals surface area contributed by atoms with Gasteiger partial charge in [-0.25, -0.2) is 5.01 Å². The predicted octanol–water partition coefficient (Wildman–Crippen LogP) is 2.41. The number of hydrogen-bond acceptors (Lipinski definition) is 5. The number of rotatable bonds is 3. The maximum atomic E-state index is 12.3. The van der Waals surface area contributed by atoms with E-state index in [1.54, 1.807) is 24.3 Å². The fourth-order valence-electron chi connectivity index (χ4n) is 1.99. The first-order valence-corrected chi connectivity index (χ1v) is 7.12. The number of nitrogens with zero attached hydrogens (tertiary/aromatic N) is 2. The zero-order valence-electron chi connectivity index (χ0n) is 11.4. The summed E-state index contributed by atoms with van der Waals surface area (Å²) in [4.78, 5) is 34.2. The number of carbonyl (C=O) groups is 2. The topological polar surface area (TPSA) is 106 Å². The van der Waals surface area contributed by atoms with Gasteiger partial charge in [-0.1, -0.05) is 15.9 Å². The molecule has 1 aliphatic rings. The summed E-state index contributed by atoms with van der Waals surface area (Å²) in [5.41, 5.74) is 2.74. The van der Waals surface area contributed by atoms with E-state index in [4.69, 9.17) is 4.42 Å². The Bertz CT molecular complexity index is 840. The van der Waals surface area contributed by atoms with Crippen LogP contribution >= 0.6 is 15.9 Å². The van der Waals surface area contributed by atoms with Gasteiger partial charge in [0.2, 0.25) is 0 Å². The predicted molar refractivity (Wildman–Crippen MR) is 83.1 cm³/mol. The van der Waals surface area contributed by atoms with E-state index < -0.39 is 22.6 Å². The van der Waals surface area contributed by atoms with Crippen molar-refractivity contribution in [3.05, 3.63) is 62.3 Å². The van der Waals surface area contributed by atoms with E-state index in [9.17, 15) is 19.7 Å². The lowest BCUT2D eigenvalue weighted by atomic mass is 10.2. The van der Waals surface area contributed by atoms with Gasteiger partial charge in [-0.3, -0.25) is 25.1 Å². The second kappa shape index (κ2) is 5.69. The van der Waals surface area contributed by atoms with E-state index in [0.717, 1.165) is 15.5 Å². The molecular formula is C14H8BrN3O5. The minimum absolute atomic E-state index is 0.0489. The maximum absolute atomic E-state index is 12.3. The van der Waals surface area contributed by atoms with Crippen molar-refractivity contribution in [2.45, 2.75) is 0 Å². The molecule has 2 amide bonds. The quantitative estimate of drug-likeness (QED) is 0.382. The molecule has 2 aromatic rings. The number of nitro groups is 1. The average molecular weight is 378 g/mol. The van der Waals surface area contributed by atoms with Gasteiger partial charge in [-0.2, -0.15) is 0 Å². The molecule has 0 saturated carbocycles. The number of hydrazine groups is 1. The Morgan fingerprint density at radius 2 is 1.87 bits per heavy atom. The van der Waals surface area contributed by atoms with Crippen LogP contribution in [-0.2, 0) is 9.59 Å². The van der Waals surface area contributed by atoms with E-state index in [1.807, 2.05) is 0 Å². The van der Waals surface area contributed by atoms with Gasteiger partial charge in [-0.15, -0.1) is 0 Å². The van der Waals surface area contributed by atoms with Gasteiger partial charge in [-0.05, 0) is 36.4 Å². The Balaban J connectivity index is 1.90. The molecule has 1 saturated heterocycles. The van der Waals surface area contributed by atoms with Crippen LogP contribution in [0.25, 0.3) is 6.08 Å². The molecule has 0 spiro atoms. The van der Waals surface area contributed by atoms with Crippen LogP contribution in [0.3, 0.4) is 0 Å². The molecule has 1 fully saturated rings. The highest BCUT2D eigenvalue weighted by Gasteiger charge is 2.34. The first kappa shape index (κ1) is 15.0. The van der Waals surface area contributed by atoms with Crippen molar-refractivity contribution < 1.29 is 18.9 Å². The average Bonchev–Trinajstić information content (AvgIpc) is 3.09. The molecule has 3 rings (SSSR count). The van der Waals surface area contributed by atoms with Gasteiger partial charge in [0.05, 0.1) is 11.8 Å². The number of benzene rings is 1. The largest absolute Gasteiger partial charge is 0.433 e. The Labute approximate surface area is 137 Å². The highest BCUT2D eigenvalue weighted by molar-refractivity contribution is 9.10. The summed E-state index contributed by atoms with van der Waals surface area (Å²) < 4.78 is 5.76. The molecule has 2 heterocycles. The molecule has 8 nitrogen and oxygen atoms in total. The van der Waals surface area contributed by atoms with Crippen molar-refractivity contribution in [2.24, 2.45) is 0 Å². The third-order valence-corrected chi connectivity index (χ3v) is 3.58. The van der Waals surface area contributed by atoms with Crippen LogP contribution in [0.2, 0.25) is 0 Å². The molecule has 1 aromatic carbocycles. The number of halogens is 1. The molecule has 116 valence electrons. The van der Waals surface area contributed by atoms with Crippen LogP contribution in [0.4, 0.5) is 11.6 Å². The summed E-state index contributed by atoms with van der Waals surface area (Å²) >= 11 is 3.28. The number of amides is 2. The fraction of sp³-hybridized carbons (Fsp3) is 0. The lowest BCUT2D eigenvalue weighted by molar-refractivity contribution is -0.402. The summed E-state index contributed by atoms with van der Waals surface area (Å²) in [6.07, 6.45) is 1.17. The normalized spacial score (nSPS) is 16.0. The minimum atomic E-state index is -0.702. The van der Waals surface area contributed by atoms with Crippen molar-refractivity contribution in [1.82, 2.24) is 5.43 Å². The van der Waals surface area contributed by atoms with Crippen molar-refractivity contribution in [3.8, 4) is 0 Å². The minimum Gasteiger partial charge on any atom is -0.401 e. The van der Waals surface area contributed by atoms with Gasteiger partial charge in [0.1, 0.15) is 16.3 Å². The Morgan fingerprint density at radius 3 is 2.48 bits per heavy atom. The first-order valence-electron chi connectivity index (χ1n) is 6.32. The molecular weight excluding hydrogens is 370 g/mol. The van der Waals surface area contributed by atoms with Crippen LogP contribution in [-0.4, -0.2) is 16.7 Å². The zero-order valence-corrected chi connectivity index (χ0v) is 12.9. The van der Waals surface area contributed by atoms with Crippen LogP contribution in [0.15, 0.2) is 50.9 Å². The van der Waals surface area contributed by atoms with Gasteiger partial charge in [0.25, 0.3) is 11.8 Å². The SMILES string of the molecule is O=C1NN(c2ccc(Br)cc2)C(=O)/C1=C/c1ccc([N+](=O)[O-])o1. The molecule has 0 unspecified atom stereocenters. The number of carbonyl (C=O) groups excluding carboxylic acids is 2. The van der Waals surface area contributed by atoms with Crippen LogP contribution in [0, 0.1) is 10.1 Å². The molecule has 0 atom stereocenters. The summed E-state index contributed by atoms with van der Waals surface area (Å²) in [6.45, 7) is 0. The second-order valence-electron chi connectivity index (χ2n) is 4.55. The van der Waals surface area contributed by atoms with Gasteiger partial charge < -0.3 is 4.42 Å². The number of furan rings is 1. The molecule has 1 aliphatic heterocycles. The monoisotopic (exact) mass is 377 g/mol. The van der Waals surface area contributed by atoms with Crippen molar-refractivity contribution in [1.29, 1.82) is 0 Å². The van der Waals surface area contributed by atoms with Crippen LogP contribution in [0.1, 0.15) is 5.76 Å². The molecule has 0 aliphatic carbocycles. The number of hydrogen-bond donors (Lipinski definition) is 1.